The van der Waals surface area contributed by atoms with Crippen molar-refractivity contribution in [1.82, 2.24) is 15.1 Å². The van der Waals surface area contributed by atoms with Crippen molar-refractivity contribution in [3.63, 3.8) is 0 Å². The molecule has 0 aliphatic heterocycles. The van der Waals surface area contributed by atoms with E-state index in [1.165, 1.54) is 13.3 Å². The van der Waals surface area contributed by atoms with Gasteiger partial charge in [-0.25, -0.2) is 9.76 Å². The summed E-state index contributed by atoms with van der Waals surface area (Å²) < 4.78 is 20.6. The second-order valence-corrected chi connectivity index (χ2v) is 8.98. The molecule has 1 amide bonds. The zero-order valence-electron chi connectivity index (χ0n) is 17.1. The number of nitrogens with zero attached hydrogens (tertiary/aromatic N) is 3. The van der Waals surface area contributed by atoms with Crippen molar-refractivity contribution in [2.45, 2.75) is 6.42 Å². The maximum absolute atomic E-state index is 13.4. The zero-order chi connectivity index (χ0) is 23.0. The number of carbonyl (C=O) groups excluding carboxylic acids is 1. The van der Waals surface area contributed by atoms with Gasteiger partial charge in [-0.05, 0) is 36.5 Å². The van der Waals surface area contributed by atoms with Gasteiger partial charge in [0.1, 0.15) is 7.11 Å². The Balaban J connectivity index is 2.65. The van der Waals surface area contributed by atoms with Crippen LogP contribution in [0.5, 0.6) is 0 Å². The SMILES string of the molecule is CON=CCCOP(=O)(NCCNC(=O)c1ccc(N=C=S)cc1)N(CCCl)CCCl. The number of benzene rings is 1. The van der Waals surface area contributed by atoms with Crippen LogP contribution < -0.4 is 10.4 Å². The van der Waals surface area contributed by atoms with Crippen LogP contribution >= 0.6 is 43.1 Å². The van der Waals surface area contributed by atoms with Crippen LogP contribution in [0.3, 0.4) is 0 Å². The van der Waals surface area contributed by atoms with Crippen molar-refractivity contribution in [1.29, 1.82) is 0 Å². The van der Waals surface area contributed by atoms with Gasteiger partial charge in [0.05, 0.1) is 17.5 Å². The fourth-order valence-corrected chi connectivity index (χ4v) is 5.05. The summed E-state index contributed by atoms with van der Waals surface area (Å²) in [5.74, 6) is 0.248. The minimum atomic E-state index is -3.43. The topological polar surface area (TPSA) is 105 Å². The molecular weight excluding hydrogens is 484 g/mol. The highest BCUT2D eigenvalue weighted by atomic mass is 35.5. The van der Waals surface area contributed by atoms with Crippen LogP contribution in [0, 0.1) is 0 Å². The molecule has 0 saturated carbocycles. The summed E-state index contributed by atoms with van der Waals surface area (Å²) in [6, 6.07) is 6.59. The number of alkyl halides is 2. The Morgan fingerprint density at radius 3 is 2.52 bits per heavy atom. The van der Waals surface area contributed by atoms with Crippen LogP contribution in [-0.4, -0.2) is 73.6 Å². The molecule has 172 valence electrons. The lowest BCUT2D eigenvalue weighted by Gasteiger charge is -2.30. The van der Waals surface area contributed by atoms with Gasteiger partial charge in [0.15, 0.2) is 0 Å². The average Bonchev–Trinajstić information content (AvgIpc) is 2.77. The predicted molar refractivity (Wildman–Crippen MR) is 128 cm³/mol. The Kier molecular flexibility index (Phi) is 14.6. The molecule has 2 N–H and O–H groups in total. The molecule has 0 radical (unpaired) electrons. The lowest BCUT2D eigenvalue weighted by molar-refractivity contribution is 0.0954. The number of hydrogen-bond acceptors (Lipinski definition) is 7. The highest BCUT2D eigenvalue weighted by molar-refractivity contribution is 7.78. The van der Waals surface area contributed by atoms with Crippen LogP contribution in [0.4, 0.5) is 5.69 Å². The fraction of sp³-hybridized carbons (Fsp3) is 0.500. The Morgan fingerprint density at radius 1 is 1.26 bits per heavy atom. The van der Waals surface area contributed by atoms with Gasteiger partial charge < -0.3 is 14.7 Å². The Hall–Kier alpha value is -1.35. The summed E-state index contributed by atoms with van der Waals surface area (Å²) in [4.78, 5) is 20.7. The number of oxime groups is 1. The van der Waals surface area contributed by atoms with Crippen LogP contribution in [-0.2, 0) is 13.9 Å². The van der Waals surface area contributed by atoms with E-state index in [1.807, 2.05) is 0 Å². The van der Waals surface area contributed by atoms with Crippen LogP contribution in [0.25, 0.3) is 0 Å². The number of carbonyl (C=O) groups is 1. The quantitative estimate of drug-likeness (QED) is 0.0874. The van der Waals surface area contributed by atoms with Crippen molar-refractivity contribution in [2.75, 3.05) is 51.7 Å². The van der Waals surface area contributed by atoms with E-state index in [9.17, 15) is 9.36 Å². The first kappa shape index (κ1) is 27.7. The number of rotatable bonds is 16. The minimum absolute atomic E-state index is 0.154. The van der Waals surface area contributed by atoms with Gasteiger partial charge in [-0.3, -0.25) is 9.36 Å². The second-order valence-electron chi connectivity index (χ2n) is 5.86. The molecule has 0 bridgehead atoms. The Labute approximate surface area is 197 Å². The normalized spacial score (nSPS) is 13.0. The predicted octanol–water partition coefficient (Wildman–Crippen LogP) is 3.67. The molecule has 31 heavy (non-hydrogen) atoms. The second kappa shape index (κ2) is 16.3. The number of thiocarbonyl (C=S) groups is 1. The van der Waals surface area contributed by atoms with Crippen molar-refractivity contribution in [2.24, 2.45) is 10.1 Å². The van der Waals surface area contributed by atoms with E-state index in [1.54, 1.807) is 28.9 Å². The molecule has 0 aliphatic rings. The summed E-state index contributed by atoms with van der Waals surface area (Å²) in [7, 11) is -1.99. The van der Waals surface area contributed by atoms with Crippen LogP contribution in [0.15, 0.2) is 34.4 Å². The number of hydrogen-bond donors (Lipinski definition) is 2. The Bertz CT molecular complexity index is 788. The lowest BCUT2D eigenvalue weighted by Crippen LogP contribution is -2.37. The summed E-state index contributed by atoms with van der Waals surface area (Å²) in [5.41, 5.74) is 1.08. The van der Waals surface area contributed by atoms with Gasteiger partial charge >= 0.3 is 7.67 Å². The zero-order valence-corrected chi connectivity index (χ0v) is 20.4. The summed E-state index contributed by atoms with van der Waals surface area (Å²) in [6.07, 6.45) is 1.93. The van der Waals surface area contributed by atoms with E-state index >= 15 is 0 Å². The van der Waals surface area contributed by atoms with Crippen LogP contribution in [0.1, 0.15) is 16.8 Å². The molecule has 1 atom stereocenters. The molecule has 0 saturated heterocycles. The average molecular weight is 510 g/mol. The number of amides is 1. The first-order chi connectivity index (χ1) is 15.0. The largest absolute Gasteiger partial charge is 0.399 e. The molecule has 0 aromatic heterocycles. The van der Waals surface area contributed by atoms with Gasteiger partial charge in [0.25, 0.3) is 5.91 Å². The van der Waals surface area contributed by atoms with Crippen molar-refractivity contribution in [3.8, 4) is 0 Å². The van der Waals surface area contributed by atoms with Gasteiger partial charge in [-0.1, -0.05) is 5.16 Å². The van der Waals surface area contributed by atoms with Crippen molar-refractivity contribution < 1.29 is 18.7 Å². The van der Waals surface area contributed by atoms with E-state index in [4.69, 9.17) is 27.7 Å². The molecule has 9 nitrogen and oxygen atoms in total. The molecule has 0 spiro atoms. The highest BCUT2D eigenvalue weighted by Crippen LogP contribution is 2.46. The summed E-state index contributed by atoms with van der Waals surface area (Å²) >= 11 is 16.2. The molecule has 1 rings (SSSR count). The minimum Gasteiger partial charge on any atom is -0.399 e. The molecule has 1 aromatic carbocycles. The smallest absolute Gasteiger partial charge is 0.343 e. The summed E-state index contributed by atoms with van der Waals surface area (Å²) in [5, 5.41) is 11.5. The van der Waals surface area contributed by atoms with Gasteiger partial charge in [-0.2, -0.15) is 4.99 Å². The number of isothiocyanates is 1. The van der Waals surface area contributed by atoms with Crippen LogP contribution in [0.2, 0.25) is 0 Å². The third-order valence-corrected chi connectivity index (χ3v) is 6.51. The molecule has 0 aliphatic carbocycles. The van der Waals surface area contributed by atoms with E-state index in [0.29, 0.717) is 30.8 Å². The maximum Gasteiger partial charge on any atom is 0.343 e. The first-order valence-corrected chi connectivity index (χ1v) is 12.4. The van der Waals surface area contributed by atoms with Gasteiger partial charge in [-0.15, -0.1) is 23.2 Å². The number of aliphatic imine (C=N–C) groups is 1. The molecule has 13 heteroatoms. The van der Waals surface area contributed by atoms with E-state index in [2.05, 4.69) is 42.8 Å². The summed E-state index contributed by atoms with van der Waals surface area (Å²) in [6.45, 7) is 1.25. The van der Waals surface area contributed by atoms with E-state index in [-0.39, 0.29) is 37.4 Å². The van der Waals surface area contributed by atoms with E-state index < -0.39 is 7.67 Å². The molecule has 0 heterocycles. The number of nitrogens with one attached hydrogen (secondary N) is 2. The first-order valence-electron chi connectivity index (χ1n) is 9.39. The van der Waals surface area contributed by atoms with Gasteiger partial charge in [0, 0.05) is 56.1 Å². The Morgan fingerprint density at radius 2 is 1.94 bits per heavy atom. The number of halogens is 2. The standard InChI is InChI=1S/C18H26Cl2N5O4PS/c1-28-23-9-2-14-29-30(27,25(12-7-19)13-8-20)24-11-10-21-18(26)16-3-5-17(6-4-16)22-15-31/h3-6,9H,2,7-8,10-14H2,1H3,(H,21,26)(H,24,27). The third kappa shape index (κ3) is 10.7. The highest BCUT2D eigenvalue weighted by Gasteiger charge is 2.30. The fourth-order valence-electron chi connectivity index (χ4n) is 2.37. The molecule has 1 unspecified atom stereocenters. The monoisotopic (exact) mass is 509 g/mol. The molecule has 1 aromatic rings. The molecule has 0 fully saturated rings. The lowest BCUT2D eigenvalue weighted by atomic mass is 10.2. The van der Waals surface area contributed by atoms with Crippen molar-refractivity contribution in [3.05, 3.63) is 29.8 Å². The molecular formula is C18H26Cl2N5O4PS. The van der Waals surface area contributed by atoms with Crippen molar-refractivity contribution >= 4 is 66.1 Å². The third-order valence-electron chi connectivity index (χ3n) is 3.78. The van der Waals surface area contributed by atoms with E-state index in [0.717, 1.165) is 0 Å². The van der Waals surface area contributed by atoms with Gasteiger partial charge in [0.2, 0.25) is 0 Å². The maximum atomic E-state index is 13.4.